The summed E-state index contributed by atoms with van der Waals surface area (Å²) >= 11 is 0. The zero-order chi connectivity index (χ0) is 38.4. The average Bonchev–Trinajstić information content (AvgIpc) is 3.14. The number of unbranched alkanes of at least 4 members (excludes halogenated alkanes) is 14. The lowest BCUT2D eigenvalue weighted by Crippen LogP contribution is -2.60. The van der Waals surface area contributed by atoms with Crippen LogP contribution in [0, 0.1) is 0 Å². The molecule has 0 aromatic rings. The molecule has 9 unspecified atom stereocenters. The van der Waals surface area contributed by atoms with Gasteiger partial charge in [-0.3, -0.25) is 4.79 Å². The van der Waals surface area contributed by atoms with Crippen molar-refractivity contribution in [2.24, 2.45) is 0 Å². The molecule has 52 heavy (non-hydrogen) atoms. The summed E-state index contributed by atoms with van der Waals surface area (Å²) in [5, 5.41) is 75.1. The summed E-state index contributed by atoms with van der Waals surface area (Å²) in [4.78, 5) is 13.0. The van der Waals surface area contributed by atoms with Crippen LogP contribution in [-0.2, 0) is 14.3 Å². The van der Waals surface area contributed by atoms with Gasteiger partial charge in [0.05, 0.1) is 25.4 Å². The smallest absolute Gasteiger partial charge is 0.249 e. The maximum absolute atomic E-state index is 13.0. The predicted octanol–water partition coefficient (Wildman–Crippen LogP) is 5.27. The van der Waals surface area contributed by atoms with Crippen LogP contribution in [0.3, 0.4) is 0 Å². The number of ether oxygens (including phenoxy) is 2. The summed E-state index contributed by atoms with van der Waals surface area (Å²) < 4.78 is 11.0. The van der Waals surface area contributed by atoms with Gasteiger partial charge in [-0.1, -0.05) is 115 Å². The van der Waals surface area contributed by atoms with Crippen LogP contribution in [0.15, 0.2) is 36.5 Å². The second-order valence-corrected chi connectivity index (χ2v) is 14.3. The van der Waals surface area contributed by atoms with Crippen LogP contribution in [-0.4, -0.2) is 110 Å². The third kappa shape index (κ3) is 21.9. The fourth-order valence-corrected chi connectivity index (χ4v) is 6.22. The minimum absolute atomic E-state index is 0.242. The van der Waals surface area contributed by atoms with Crippen LogP contribution in [0.25, 0.3) is 0 Å². The number of carbonyl (C=O) groups is 1. The van der Waals surface area contributed by atoms with Crippen LogP contribution >= 0.6 is 0 Å². The monoisotopic (exact) mass is 742 g/mol. The number of hydrogen-bond donors (Lipinski definition) is 8. The van der Waals surface area contributed by atoms with Gasteiger partial charge in [0.25, 0.3) is 0 Å². The van der Waals surface area contributed by atoms with Gasteiger partial charge in [-0.15, -0.1) is 0 Å². The molecule has 1 saturated heterocycles. The van der Waals surface area contributed by atoms with Gasteiger partial charge >= 0.3 is 0 Å². The molecule has 11 nitrogen and oxygen atoms in total. The van der Waals surface area contributed by atoms with E-state index in [1.807, 2.05) is 6.08 Å². The van der Waals surface area contributed by atoms with Crippen LogP contribution < -0.4 is 5.32 Å². The largest absolute Gasteiger partial charge is 0.394 e. The third-order valence-electron chi connectivity index (χ3n) is 9.65. The molecule has 11 heteroatoms. The zero-order valence-corrected chi connectivity index (χ0v) is 32.3. The lowest BCUT2D eigenvalue weighted by atomic mass is 9.98. The lowest BCUT2D eigenvalue weighted by molar-refractivity contribution is -0.303. The maximum Gasteiger partial charge on any atom is 0.249 e. The number of carbonyl (C=O) groups excluding carboxylic acids is 1. The van der Waals surface area contributed by atoms with Gasteiger partial charge in [-0.2, -0.15) is 0 Å². The highest BCUT2D eigenvalue weighted by molar-refractivity contribution is 5.80. The number of rotatable bonds is 32. The normalized spacial score (nSPS) is 23.4. The van der Waals surface area contributed by atoms with Gasteiger partial charge < -0.3 is 50.5 Å². The highest BCUT2D eigenvalue weighted by atomic mass is 16.7. The van der Waals surface area contributed by atoms with E-state index >= 15 is 0 Å². The molecular weight excluding hydrogens is 666 g/mol. The molecule has 0 bridgehead atoms. The first kappa shape index (κ1) is 48.3. The van der Waals surface area contributed by atoms with E-state index in [1.54, 1.807) is 0 Å². The molecule has 1 aliphatic heterocycles. The van der Waals surface area contributed by atoms with Gasteiger partial charge in [0.2, 0.25) is 5.91 Å². The van der Waals surface area contributed by atoms with Crippen LogP contribution in [0.2, 0.25) is 0 Å². The highest BCUT2D eigenvalue weighted by Gasteiger charge is 2.44. The molecule has 9 atom stereocenters. The Morgan fingerprint density at radius 2 is 1.21 bits per heavy atom. The van der Waals surface area contributed by atoms with Crippen LogP contribution in [0.4, 0.5) is 0 Å². The van der Waals surface area contributed by atoms with Crippen molar-refractivity contribution in [3.05, 3.63) is 36.5 Å². The van der Waals surface area contributed by atoms with E-state index in [9.17, 15) is 40.5 Å². The molecule has 0 spiro atoms. The first-order chi connectivity index (χ1) is 25.2. The quantitative estimate of drug-likeness (QED) is 0.0333. The lowest BCUT2D eigenvalue weighted by Gasteiger charge is -2.40. The van der Waals surface area contributed by atoms with E-state index in [1.165, 1.54) is 44.9 Å². The Morgan fingerprint density at radius 3 is 1.81 bits per heavy atom. The minimum Gasteiger partial charge on any atom is -0.394 e. The summed E-state index contributed by atoms with van der Waals surface area (Å²) in [6, 6.07) is -1.19. The Kier molecular flexibility index (Phi) is 29.4. The summed E-state index contributed by atoms with van der Waals surface area (Å²) in [5.41, 5.74) is 0. The Labute approximate surface area is 314 Å². The topological polar surface area (TPSA) is 189 Å². The van der Waals surface area contributed by atoms with Crippen molar-refractivity contribution in [1.29, 1.82) is 0 Å². The first-order valence-electron chi connectivity index (χ1n) is 20.4. The van der Waals surface area contributed by atoms with E-state index in [0.29, 0.717) is 19.3 Å². The first-order valence-corrected chi connectivity index (χ1v) is 20.4. The van der Waals surface area contributed by atoms with Gasteiger partial charge in [0.1, 0.15) is 36.6 Å². The van der Waals surface area contributed by atoms with E-state index in [-0.39, 0.29) is 12.8 Å². The molecule has 0 aromatic carbocycles. The van der Waals surface area contributed by atoms with Gasteiger partial charge in [0.15, 0.2) is 6.29 Å². The summed E-state index contributed by atoms with van der Waals surface area (Å²) in [7, 11) is 0. The second-order valence-electron chi connectivity index (χ2n) is 14.3. The zero-order valence-electron chi connectivity index (χ0n) is 32.3. The molecule has 0 saturated carbocycles. The number of hydrogen-bond acceptors (Lipinski definition) is 10. The van der Waals surface area contributed by atoms with Crippen molar-refractivity contribution in [1.82, 2.24) is 5.32 Å². The van der Waals surface area contributed by atoms with E-state index in [2.05, 4.69) is 49.5 Å². The molecule has 1 amide bonds. The van der Waals surface area contributed by atoms with Crippen LogP contribution in [0.1, 0.15) is 149 Å². The van der Waals surface area contributed by atoms with Gasteiger partial charge in [-0.25, -0.2) is 0 Å². The standard InChI is InChI=1S/C41H75NO10/c1-3-5-7-9-11-13-14-15-16-17-18-19-21-23-25-27-29-34(45)40(50)42-32(31-51-41-39(49)38(48)37(47)35(30-43)52-41)36(46)33(44)28-26-24-22-20-12-10-8-6-4-2/h6,8,15-16,20,22,32-39,41,43-49H,3-5,7,9-14,17-19,21,23-31H2,1-2H3,(H,42,50)/b8-6+,16-15-,22-20+. The summed E-state index contributed by atoms with van der Waals surface area (Å²) in [6.45, 7) is 3.24. The molecule has 1 aliphatic rings. The van der Waals surface area contributed by atoms with Crippen molar-refractivity contribution in [2.45, 2.75) is 204 Å². The van der Waals surface area contributed by atoms with Crippen molar-refractivity contribution in [2.75, 3.05) is 13.2 Å². The Balaban J connectivity index is 2.52. The fraction of sp³-hybridized carbons (Fsp3) is 0.829. The van der Waals surface area contributed by atoms with Crippen LogP contribution in [0.5, 0.6) is 0 Å². The molecule has 8 N–H and O–H groups in total. The minimum atomic E-state index is -1.67. The summed E-state index contributed by atoms with van der Waals surface area (Å²) in [5.74, 6) is -0.721. The van der Waals surface area contributed by atoms with E-state index < -0.39 is 74.2 Å². The average molecular weight is 742 g/mol. The number of aliphatic hydroxyl groups is 7. The van der Waals surface area contributed by atoms with Gasteiger partial charge in [0, 0.05) is 0 Å². The summed E-state index contributed by atoms with van der Waals surface area (Å²) in [6.07, 6.45) is 22.2. The molecular formula is C41H75NO10. The Morgan fingerprint density at radius 1 is 0.673 bits per heavy atom. The SMILES string of the molecule is CC/C=C/CC/C=C/CCCC(O)C(O)C(COC1OC(CO)C(O)C(O)C1O)NC(=O)C(O)CCCCCCCC/C=C\CCCCCCCC. The van der Waals surface area contributed by atoms with Crippen molar-refractivity contribution >= 4 is 5.91 Å². The Hall–Kier alpha value is -1.67. The molecule has 0 aliphatic carbocycles. The molecule has 1 heterocycles. The molecule has 304 valence electrons. The van der Waals surface area contributed by atoms with Crippen molar-refractivity contribution < 1.29 is 50.0 Å². The second kappa shape index (κ2) is 31.7. The molecule has 0 aromatic heterocycles. The predicted molar refractivity (Wildman–Crippen MR) is 205 cm³/mol. The fourth-order valence-electron chi connectivity index (χ4n) is 6.22. The Bertz CT molecular complexity index is 945. The number of amides is 1. The maximum atomic E-state index is 13.0. The number of nitrogens with one attached hydrogen (secondary N) is 1. The molecule has 1 fully saturated rings. The highest BCUT2D eigenvalue weighted by Crippen LogP contribution is 2.23. The van der Waals surface area contributed by atoms with Crippen molar-refractivity contribution in [3.63, 3.8) is 0 Å². The van der Waals surface area contributed by atoms with E-state index in [4.69, 9.17) is 9.47 Å². The third-order valence-corrected chi connectivity index (χ3v) is 9.65. The van der Waals surface area contributed by atoms with Gasteiger partial charge in [-0.05, 0) is 70.6 Å². The number of allylic oxidation sites excluding steroid dienone is 6. The molecule has 1 rings (SSSR count). The van der Waals surface area contributed by atoms with E-state index in [0.717, 1.165) is 57.8 Å². The van der Waals surface area contributed by atoms with Crippen molar-refractivity contribution in [3.8, 4) is 0 Å². The molecule has 0 radical (unpaired) electrons. The number of aliphatic hydroxyl groups excluding tert-OH is 7.